The molecule has 5 heteroatoms. The Labute approximate surface area is 68.3 Å². The molecule has 2 heterocycles. The zero-order chi connectivity index (χ0) is 8.72. The average Bonchev–Trinajstić information content (AvgIpc) is 2.41. The van der Waals surface area contributed by atoms with Gasteiger partial charge in [-0.15, -0.1) is 0 Å². The molecule has 0 fully saturated rings. The lowest BCUT2D eigenvalue weighted by atomic mass is 10.5. The van der Waals surface area contributed by atoms with E-state index in [9.17, 15) is 4.79 Å². The number of rotatable bonds is 0. The number of nitrogens with zero attached hydrogens (tertiary/aromatic N) is 4. The van der Waals surface area contributed by atoms with Gasteiger partial charge in [-0.1, -0.05) is 0 Å². The Kier molecular flexibility index (Phi) is 1.27. The molecule has 0 saturated heterocycles. The molecular formula is C7H8N4O. The predicted octanol–water partition coefficient (Wildman–Crippen LogP) is -0.333. The zero-order valence-corrected chi connectivity index (χ0v) is 6.85. The van der Waals surface area contributed by atoms with Crippen molar-refractivity contribution >= 4 is 11.2 Å². The van der Waals surface area contributed by atoms with Crippen LogP contribution < -0.4 is 5.56 Å². The van der Waals surface area contributed by atoms with Gasteiger partial charge in [0.25, 0.3) is 5.56 Å². The maximum absolute atomic E-state index is 11.5. The quantitative estimate of drug-likeness (QED) is 0.535. The van der Waals surface area contributed by atoms with Crippen molar-refractivity contribution in [2.45, 2.75) is 0 Å². The monoisotopic (exact) mass is 164 g/mol. The molecule has 0 saturated carbocycles. The van der Waals surface area contributed by atoms with Crippen molar-refractivity contribution < 1.29 is 0 Å². The van der Waals surface area contributed by atoms with Crippen molar-refractivity contribution in [3.05, 3.63) is 23.0 Å². The summed E-state index contributed by atoms with van der Waals surface area (Å²) in [5, 5.41) is 0. The van der Waals surface area contributed by atoms with Gasteiger partial charge in [0.05, 0.1) is 12.7 Å². The van der Waals surface area contributed by atoms with Gasteiger partial charge in [-0.2, -0.15) is 0 Å². The SMILES string of the molecule is Cn1cnc2ncn(C)c2c1=O. The molecule has 2 aromatic heterocycles. The first-order valence-electron chi connectivity index (χ1n) is 3.53. The van der Waals surface area contributed by atoms with Gasteiger partial charge in [-0.05, 0) is 0 Å². The standard InChI is InChI=1S/C7H8N4O/c1-10-3-8-6-5(10)7(12)11(2)4-9-6/h3-4H,1-2H3. The normalized spacial score (nSPS) is 10.8. The van der Waals surface area contributed by atoms with E-state index in [1.54, 1.807) is 25.0 Å². The van der Waals surface area contributed by atoms with Gasteiger partial charge in [0, 0.05) is 14.1 Å². The smallest absolute Gasteiger partial charge is 0.279 e. The van der Waals surface area contributed by atoms with Gasteiger partial charge in [0.2, 0.25) is 0 Å². The molecule has 0 unspecified atom stereocenters. The van der Waals surface area contributed by atoms with Gasteiger partial charge in [0.1, 0.15) is 0 Å². The minimum atomic E-state index is -0.0694. The molecule has 0 aliphatic heterocycles. The summed E-state index contributed by atoms with van der Waals surface area (Å²) < 4.78 is 3.11. The average molecular weight is 164 g/mol. The van der Waals surface area contributed by atoms with Crippen LogP contribution in [-0.4, -0.2) is 19.1 Å². The van der Waals surface area contributed by atoms with E-state index in [1.165, 1.54) is 10.9 Å². The summed E-state index contributed by atoms with van der Waals surface area (Å²) in [7, 11) is 3.44. The first-order chi connectivity index (χ1) is 5.70. The first kappa shape index (κ1) is 7.02. The molecule has 2 rings (SSSR count). The fourth-order valence-corrected chi connectivity index (χ4v) is 1.12. The van der Waals surface area contributed by atoms with Crippen LogP contribution in [0.15, 0.2) is 17.4 Å². The highest BCUT2D eigenvalue weighted by Gasteiger charge is 2.05. The summed E-state index contributed by atoms with van der Waals surface area (Å²) in [5.74, 6) is 0. The third-order valence-corrected chi connectivity index (χ3v) is 1.79. The molecular weight excluding hydrogens is 156 g/mol. The van der Waals surface area contributed by atoms with Gasteiger partial charge >= 0.3 is 0 Å². The maximum atomic E-state index is 11.5. The molecule has 0 radical (unpaired) electrons. The van der Waals surface area contributed by atoms with Crippen LogP contribution in [0.2, 0.25) is 0 Å². The van der Waals surface area contributed by atoms with Crippen molar-refractivity contribution in [2.24, 2.45) is 14.1 Å². The Morgan fingerprint density at radius 3 is 2.42 bits per heavy atom. The second-order valence-electron chi connectivity index (χ2n) is 2.69. The number of imidazole rings is 1. The Morgan fingerprint density at radius 2 is 1.75 bits per heavy atom. The number of aryl methyl sites for hydroxylation is 2. The number of hydrogen-bond acceptors (Lipinski definition) is 3. The number of aromatic nitrogens is 4. The highest BCUT2D eigenvalue weighted by atomic mass is 16.1. The molecule has 0 aliphatic rings. The lowest BCUT2D eigenvalue weighted by Gasteiger charge is -1.95. The van der Waals surface area contributed by atoms with Crippen LogP contribution in [0.25, 0.3) is 11.2 Å². The third kappa shape index (κ3) is 0.761. The highest BCUT2D eigenvalue weighted by molar-refractivity contribution is 5.68. The topological polar surface area (TPSA) is 52.7 Å². The summed E-state index contributed by atoms with van der Waals surface area (Å²) in [6, 6.07) is 0. The van der Waals surface area contributed by atoms with E-state index in [2.05, 4.69) is 9.97 Å². The number of hydrogen-bond donors (Lipinski definition) is 0. The van der Waals surface area contributed by atoms with E-state index in [4.69, 9.17) is 0 Å². The largest absolute Gasteiger partial charge is 0.328 e. The molecule has 0 aliphatic carbocycles. The number of fused-ring (bicyclic) bond motifs is 1. The molecule has 62 valence electrons. The molecule has 0 amide bonds. The molecule has 0 spiro atoms. The molecule has 0 N–H and O–H groups in total. The lowest BCUT2D eigenvalue weighted by Crippen LogP contribution is -2.18. The summed E-state index contributed by atoms with van der Waals surface area (Å²) in [6.07, 6.45) is 3.05. The summed E-state index contributed by atoms with van der Waals surface area (Å²) in [6.45, 7) is 0. The lowest BCUT2D eigenvalue weighted by molar-refractivity contribution is 0.827. The Morgan fingerprint density at radius 1 is 1.17 bits per heavy atom. The highest BCUT2D eigenvalue weighted by Crippen LogP contribution is 2.00. The molecule has 2 aromatic rings. The minimum absolute atomic E-state index is 0.0694. The summed E-state index contributed by atoms with van der Waals surface area (Å²) >= 11 is 0. The molecule has 0 aromatic carbocycles. The van der Waals surface area contributed by atoms with Crippen LogP contribution >= 0.6 is 0 Å². The summed E-state index contributed by atoms with van der Waals surface area (Å²) in [5.41, 5.74) is 0.973. The van der Waals surface area contributed by atoms with Crippen molar-refractivity contribution in [1.82, 2.24) is 19.1 Å². The van der Waals surface area contributed by atoms with Crippen LogP contribution in [0.5, 0.6) is 0 Å². The molecule has 5 nitrogen and oxygen atoms in total. The van der Waals surface area contributed by atoms with Gasteiger partial charge in [-0.3, -0.25) is 4.79 Å². The van der Waals surface area contributed by atoms with Gasteiger partial charge in [-0.25, -0.2) is 9.97 Å². The second kappa shape index (κ2) is 2.17. The van der Waals surface area contributed by atoms with Gasteiger partial charge in [0.15, 0.2) is 11.2 Å². The van der Waals surface area contributed by atoms with Crippen LogP contribution in [0.1, 0.15) is 0 Å². The molecule has 0 bridgehead atoms. The molecule has 12 heavy (non-hydrogen) atoms. The van der Waals surface area contributed by atoms with Crippen LogP contribution in [0.3, 0.4) is 0 Å². The zero-order valence-electron chi connectivity index (χ0n) is 6.85. The predicted molar refractivity (Wildman–Crippen MR) is 43.8 cm³/mol. The Hall–Kier alpha value is -1.65. The summed E-state index contributed by atoms with van der Waals surface area (Å²) in [4.78, 5) is 19.4. The van der Waals surface area contributed by atoms with Crippen molar-refractivity contribution in [1.29, 1.82) is 0 Å². The van der Waals surface area contributed by atoms with Crippen LogP contribution in [-0.2, 0) is 14.1 Å². The first-order valence-corrected chi connectivity index (χ1v) is 3.53. The fourth-order valence-electron chi connectivity index (χ4n) is 1.12. The van der Waals surface area contributed by atoms with E-state index in [1.807, 2.05) is 0 Å². The maximum Gasteiger partial charge on any atom is 0.279 e. The Balaban J connectivity index is 3.06. The molecule has 0 atom stereocenters. The minimum Gasteiger partial charge on any atom is -0.328 e. The van der Waals surface area contributed by atoms with Crippen LogP contribution in [0, 0.1) is 0 Å². The van der Waals surface area contributed by atoms with Crippen molar-refractivity contribution in [3.8, 4) is 0 Å². The third-order valence-electron chi connectivity index (χ3n) is 1.79. The van der Waals surface area contributed by atoms with Crippen LogP contribution in [0.4, 0.5) is 0 Å². The van der Waals surface area contributed by atoms with E-state index >= 15 is 0 Å². The van der Waals surface area contributed by atoms with E-state index in [0.717, 1.165) is 0 Å². The van der Waals surface area contributed by atoms with Crippen molar-refractivity contribution in [3.63, 3.8) is 0 Å². The van der Waals surface area contributed by atoms with E-state index in [-0.39, 0.29) is 5.56 Å². The van der Waals surface area contributed by atoms with E-state index < -0.39 is 0 Å². The van der Waals surface area contributed by atoms with Crippen molar-refractivity contribution in [2.75, 3.05) is 0 Å². The van der Waals surface area contributed by atoms with E-state index in [0.29, 0.717) is 11.2 Å². The Bertz CT molecular complexity index is 482. The second-order valence-corrected chi connectivity index (χ2v) is 2.69. The van der Waals surface area contributed by atoms with Gasteiger partial charge < -0.3 is 9.13 Å². The fraction of sp³-hybridized carbons (Fsp3) is 0.286.